The number of Topliss-reactive ketones (excluding diaryl/α,β-unsaturated/α-hetero) is 1. The number of phenolic OH excluding ortho intramolecular Hbond substituents is 2. The van der Waals surface area contributed by atoms with Crippen LogP contribution in [0.25, 0.3) is 0 Å². The largest absolute Gasteiger partial charge is 0.504 e. The van der Waals surface area contributed by atoms with E-state index in [1.54, 1.807) is 0 Å². The lowest BCUT2D eigenvalue weighted by Crippen LogP contribution is -2.22. The minimum absolute atomic E-state index is 0.0731. The number of hydrogen-bond acceptors (Lipinski definition) is 5. The molecule has 0 radical (unpaired) electrons. The van der Waals surface area contributed by atoms with Crippen LogP contribution in [0, 0.1) is 0 Å². The molecule has 1 heterocycles. The van der Waals surface area contributed by atoms with Gasteiger partial charge in [-0.3, -0.25) is 4.79 Å². The van der Waals surface area contributed by atoms with E-state index >= 15 is 0 Å². The molecule has 1 atom stereocenters. The first-order valence-corrected chi connectivity index (χ1v) is 8.47. The van der Waals surface area contributed by atoms with Gasteiger partial charge in [0, 0.05) is 5.56 Å². The standard InChI is InChI=1S/C21H22O5/c1-12(2)9-10-14-18(23)21(25-3)19(24)17-15(22)11-16(26-20(14)17)13-7-5-4-6-8-13/h4-9,16,23-24H,10-11H2,1-3H3/t16-/m1/s1. The zero-order chi connectivity index (χ0) is 18.8. The van der Waals surface area contributed by atoms with Gasteiger partial charge in [0.1, 0.15) is 17.4 Å². The van der Waals surface area contributed by atoms with Crippen molar-refractivity contribution in [1.29, 1.82) is 0 Å². The molecular weight excluding hydrogens is 332 g/mol. The molecule has 0 unspecified atom stereocenters. The smallest absolute Gasteiger partial charge is 0.204 e. The van der Waals surface area contributed by atoms with Crippen molar-refractivity contribution >= 4 is 5.78 Å². The molecule has 136 valence electrons. The number of phenols is 2. The van der Waals surface area contributed by atoms with E-state index in [-0.39, 0.29) is 40.8 Å². The van der Waals surface area contributed by atoms with Gasteiger partial charge in [-0.15, -0.1) is 0 Å². The van der Waals surface area contributed by atoms with E-state index in [1.165, 1.54) is 7.11 Å². The SMILES string of the molecule is COc1c(O)c(CC=C(C)C)c2c(c1O)C(=O)C[C@H](c1ccccc1)O2. The van der Waals surface area contributed by atoms with Crippen molar-refractivity contribution in [2.45, 2.75) is 32.8 Å². The highest BCUT2D eigenvalue weighted by Gasteiger charge is 2.36. The van der Waals surface area contributed by atoms with Crippen molar-refractivity contribution < 1.29 is 24.5 Å². The number of aromatic hydroxyl groups is 2. The van der Waals surface area contributed by atoms with Crippen LogP contribution in [0.4, 0.5) is 0 Å². The molecule has 0 amide bonds. The van der Waals surface area contributed by atoms with E-state index in [2.05, 4.69) is 0 Å². The summed E-state index contributed by atoms with van der Waals surface area (Å²) in [5.74, 6) is -0.700. The van der Waals surface area contributed by atoms with Crippen molar-refractivity contribution in [2.75, 3.05) is 7.11 Å². The fraction of sp³-hybridized carbons (Fsp3) is 0.286. The highest BCUT2D eigenvalue weighted by Crippen LogP contribution is 2.51. The summed E-state index contributed by atoms with van der Waals surface area (Å²) < 4.78 is 11.2. The first-order valence-electron chi connectivity index (χ1n) is 8.47. The average molecular weight is 354 g/mol. The van der Waals surface area contributed by atoms with Gasteiger partial charge in [-0.2, -0.15) is 0 Å². The van der Waals surface area contributed by atoms with Crippen LogP contribution in [0.2, 0.25) is 0 Å². The lowest BCUT2D eigenvalue weighted by molar-refractivity contribution is 0.0841. The molecule has 5 nitrogen and oxygen atoms in total. The third-order valence-electron chi connectivity index (χ3n) is 4.45. The Morgan fingerprint density at radius 1 is 1.23 bits per heavy atom. The van der Waals surface area contributed by atoms with Crippen LogP contribution in [0.3, 0.4) is 0 Å². The monoisotopic (exact) mass is 354 g/mol. The Hall–Kier alpha value is -2.95. The highest BCUT2D eigenvalue weighted by molar-refractivity contribution is 6.04. The molecule has 0 aliphatic carbocycles. The molecule has 0 bridgehead atoms. The summed E-state index contributed by atoms with van der Waals surface area (Å²) in [5, 5.41) is 21.0. The van der Waals surface area contributed by atoms with E-state index in [0.717, 1.165) is 11.1 Å². The van der Waals surface area contributed by atoms with Gasteiger partial charge in [-0.05, 0) is 25.8 Å². The number of fused-ring (bicyclic) bond motifs is 1. The number of benzene rings is 2. The molecule has 0 fully saturated rings. The van der Waals surface area contributed by atoms with Crippen molar-refractivity contribution in [2.24, 2.45) is 0 Å². The zero-order valence-corrected chi connectivity index (χ0v) is 15.1. The predicted octanol–water partition coefficient (Wildman–Crippen LogP) is 4.32. The van der Waals surface area contributed by atoms with E-state index < -0.39 is 6.10 Å². The molecule has 1 aliphatic rings. The molecule has 1 aliphatic heterocycles. The molecule has 0 saturated carbocycles. The Kier molecular flexibility index (Phi) is 4.89. The minimum Gasteiger partial charge on any atom is -0.504 e. The Balaban J connectivity index is 2.16. The number of ether oxygens (including phenoxy) is 2. The number of carbonyl (C=O) groups is 1. The normalized spacial score (nSPS) is 15.8. The lowest BCUT2D eigenvalue weighted by Gasteiger charge is -2.29. The molecule has 0 spiro atoms. The first-order chi connectivity index (χ1) is 12.4. The van der Waals surface area contributed by atoms with Gasteiger partial charge in [0.25, 0.3) is 0 Å². The van der Waals surface area contributed by atoms with E-state index in [0.29, 0.717) is 12.0 Å². The quantitative estimate of drug-likeness (QED) is 0.800. The van der Waals surface area contributed by atoms with Crippen LogP contribution in [0.15, 0.2) is 42.0 Å². The fourth-order valence-electron chi connectivity index (χ4n) is 3.11. The molecule has 0 aromatic heterocycles. The van der Waals surface area contributed by atoms with Gasteiger partial charge in [-0.25, -0.2) is 0 Å². The van der Waals surface area contributed by atoms with Crippen LogP contribution in [-0.4, -0.2) is 23.1 Å². The van der Waals surface area contributed by atoms with Gasteiger partial charge in [0.15, 0.2) is 17.3 Å². The van der Waals surface area contributed by atoms with Gasteiger partial charge >= 0.3 is 0 Å². The number of ketones is 1. The topological polar surface area (TPSA) is 76.0 Å². The maximum absolute atomic E-state index is 12.8. The number of methoxy groups -OCH3 is 1. The van der Waals surface area contributed by atoms with Crippen molar-refractivity contribution in [3.05, 3.63) is 58.7 Å². The van der Waals surface area contributed by atoms with Crippen molar-refractivity contribution in [3.63, 3.8) is 0 Å². The van der Waals surface area contributed by atoms with Crippen LogP contribution < -0.4 is 9.47 Å². The summed E-state index contributed by atoms with van der Waals surface area (Å²) in [4.78, 5) is 12.8. The van der Waals surface area contributed by atoms with Crippen LogP contribution in [0.1, 0.15) is 47.9 Å². The average Bonchev–Trinajstić information content (AvgIpc) is 2.62. The second-order valence-corrected chi connectivity index (χ2v) is 6.54. The summed E-state index contributed by atoms with van der Waals surface area (Å²) in [6, 6.07) is 9.44. The summed E-state index contributed by atoms with van der Waals surface area (Å²) in [5.41, 5.74) is 2.44. The number of hydrogen-bond donors (Lipinski definition) is 2. The van der Waals surface area contributed by atoms with E-state index in [4.69, 9.17) is 9.47 Å². The molecule has 0 saturated heterocycles. The maximum atomic E-state index is 12.8. The van der Waals surface area contributed by atoms with Crippen molar-refractivity contribution in [1.82, 2.24) is 0 Å². The molecule has 26 heavy (non-hydrogen) atoms. The molecule has 5 heteroatoms. The second kappa shape index (κ2) is 7.12. The first kappa shape index (κ1) is 17.9. The molecule has 2 N–H and O–H groups in total. The van der Waals surface area contributed by atoms with Gasteiger partial charge in [-0.1, -0.05) is 42.0 Å². The molecule has 2 aromatic rings. The Bertz CT molecular complexity index is 864. The predicted molar refractivity (Wildman–Crippen MR) is 98.2 cm³/mol. The molecular formula is C21H22O5. The number of rotatable bonds is 4. The number of carbonyl (C=O) groups excluding carboxylic acids is 1. The fourth-order valence-corrected chi connectivity index (χ4v) is 3.11. The summed E-state index contributed by atoms with van der Waals surface area (Å²) in [6.45, 7) is 3.89. The highest BCUT2D eigenvalue weighted by atomic mass is 16.5. The molecule has 2 aromatic carbocycles. The third-order valence-corrected chi connectivity index (χ3v) is 4.45. The minimum atomic E-state index is -0.464. The Morgan fingerprint density at radius 2 is 1.92 bits per heavy atom. The zero-order valence-electron chi connectivity index (χ0n) is 15.1. The summed E-state index contributed by atoms with van der Waals surface area (Å²) in [7, 11) is 1.34. The summed E-state index contributed by atoms with van der Waals surface area (Å²) in [6.07, 6.45) is 1.93. The lowest BCUT2D eigenvalue weighted by atomic mass is 9.91. The Labute approximate surface area is 152 Å². The molecule has 3 rings (SSSR count). The van der Waals surface area contributed by atoms with Gasteiger partial charge in [0.2, 0.25) is 5.75 Å². The second-order valence-electron chi connectivity index (χ2n) is 6.54. The third kappa shape index (κ3) is 3.12. The van der Waals surface area contributed by atoms with Crippen LogP contribution in [0.5, 0.6) is 23.0 Å². The van der Waals surface area contributed by atoms with Crippen LogP contribution >= 0.6 is 0 Å². The number of allylic oxidation sites excluding steroid dienone is 2. The van der Waals surface area contributed by atoms with E-state index in [1.807, 2.05) is 50.3 Å². The van der Waals surface area contributed by atoms with Crippen molar-refractivity contribution in [3.8, 4) is 23.0 Å². The van der Waals surface area contributed by atoms with Gasteiger partial charge < -0.3 is 19.7 Å². The van der Waals surface area contributed by atoms with Gasteiger partial charge in [0.05, 0.1) is 13.5 Å². The van der Waals surface area contributed by atoms with E-state index in [9.17, 15) is 15.0 Å². The van der Waals surface area contributed by atoms with Crippen LogP contribution in [-0.2, 0) is 6.42 Å². The maximum Gasteiger partial charge on any atom is 0.204 e. The summed E-state index contributed by atoms with van der Waals surface area (Å²) >= 11 is 0. The Morgan fingerprint density at radius 3 is 2.54 bits per heavy atom.